The maximum Gasteiger partial charge on any atom is 0.177 e. The first kappa shape index (κ1) is 6.13. The summed E-state index contributed by atoms with van der Waals surface area (Å²) in [6, 6.07) is 1.05. The van der Waals surface area contributed by atoms with Gasteiger partial charge in [0.05, 0.1) is 6.20 Å². The van der Waals surface area contributed by atoms with Crippen LogP contribution in [0.2, 0.25) is 0 Å². The predicted molar refractivity (Wildman–Crippen MR) is 28.9 cm³/mol. The maximum atomic E-state index is 12.2. The Labute approximate surface area is 51.3 Å². The topological polar surface area (TPSA) is 12.9 Å². The molecule has 1 heterocycles. The Morgan fingerprint density at radius 3 is 2.44 bits per heavy atom. The standard InChI is InChI=1S/C6H5F2N/c1-4-2-5(7)6(8)3-9-4/h2-3H,1H3. The average Bonchev–Trinajstić information content (AvgIpc) is 1.80. The van der Waals surface area contributed by atoms with Crippen LogP contribution in [0.1, 0.15) is 5.69 Å². The van der Waals surface area contributed by atoms with Crippen molar-refractivity contribution in [1.82, 2.24) is 4.98 Å². The third-order valence-corrected chi connectivity index (χ3v) is 0.945. The van der Waals surface area contributed by atoms with E-state index < -0.39 is 11.6 Å². The first-order valence-electron chi connectivity index (χ1n) is 2.48. The molecule has 0 saturated heterocycles. The van der Waals surface area contributed by atoms with Crippen LogP contribution in [0.3, 0.4) is 0 Å². The van der Waals surface area contributed by atoms with Crippen LogP contribution in [0, 0.1) is 18.6 Å². The van der Waals surface area contributed by atoms with Gasteiger partial charge in [0.2, 0.25) is 0 Å². The fourth-order valence-electron chi connectivity index (χ4n) is 0.510. The van der Waals surface area contributed by atoms with E-state index in [1.807, 2.05) is 0 Å². The number of hydrogen-bond acceptors (Lipinski definition) is 1. The van der Waals surface area contributed by atoms with Crippen molar-refractivity contribution in [2.45, 2.75) is 6.92 Å². The van der Waals surface area contributed by atoms with Crippen LogP contribution in [0.4, 0.5) is 8.78 Å². The van der Waals surface area contributed by atoms with Crippen molar-refractivity contribution in [2.24, 2.45) is 0 Å². The molecule has 0 amide bonds. The van der Waals surface area contributed by atoms with Gasteiger partial charge in [-0.2, -0.15) is 0 Å². The number of hydrogen-bond donors (Lipinski definition) is 0. The highest BCUT2D eigenvalue weighted by Gasteiger charge is 1.98. The minimum absolute atomic E-state index is 0.480. The molecule has 0 aliphatic rings. The third-order valence-electron chi connectivity index (χ3n) is 0.945. The second kappa shape index (κ2) is 2.09. The summed E-state index contributed by atoms with van der Waals surface area (Å²) in [5, 5.41) is 0. The van der Waals surface area contributed by atoms with Crippen molar-refractivity contribution >= 4 is 0 Å². The molecular weight excluding hydrogens is 124 g/mol. The number of aromatic nitrogens is 1. The molecule has 1 rings (SSSR count). The summed E-state index contributed by atoms with van der Waals surface area (Å²) >= 11 is 0. The van der Waals surface area contributed by atoms with E-state index in [0.717, 1.165) is 12.3 Å². The van der Waals surface area contributed by atoms with Gasteiger partial charge in [-0.1, -0.05) is 0 Å². The highest BCUT2D eigenvalue weighted by Crippen LogP contribution is 2.03. The maximum absolute atomic E-state index is 12.2. The summed E-state index contributed by atoms with van der Waals surface area (Å²) in [5.41, 5.74) is 0.480. The molecule has 1 nitrogen and oxygen atoms in total. The van der Waals surface area contributed by atoms with Crippen LogP contribution in [-0.4, -0.2) is 4.98 Å². The van der Waals surface area contributed by atoms with Crippen molar-refractivity contribution in [1.29, 1.82) is 0 Å². The summed E-state index contributed by atoms with van der Waals surface area (Å²) in [6.45, 7) is 1.60. The largest absolute Gasteiger partial charge is 0.258 e. The lowest BCUT2D eigenvalue weighted by atomic mass is 10.4. The lowest BCUT2D eigenvalue weighted by Gasteiger charge is -1.90. The molecule has 0 radical (unpaired) electrons. The van der Waals surface area contributed by atoms with Crippen LogP contribution in [0.5, 0.6) is 0 Å². The molecule has 0 aliphatic carbocycles. The normalized spacial score (nSPS) is 9.67. The highest BCUT2D eigenvalue weighted by molar-refractivity contribution is 5.05. The van der Waals surface area contributed by atoms with E-state index in [1.54, 1.807) is 6.92 Å². The van der Waals surface area contributed by atoms with Crippen molar-refractivity contribution in [2.75, 3.05) is 0 Å². The molecule has 0 saturated carbocycles. The lowest BCUT2D eigenvalue weighted by Crippen LogP contribution is -1.87. The number of halogens is 2. The summed E-state index contributed by atoms with van der Waals surface area (Å²) < 4.78 is 24.2. The van der Waals surface area contributed by atoms with Gasteiger partial charge >= 0.3 is 0 Å². The molecule has 0 aromatic carbocycles. The molecule has 0 fully saturated rings. The Balaban J connectivity index is 3.17. The van der Waals surface area contributed by atoms with Gasteiger partial charge in [0.25, 0.3) is 0 Å². The SMILES string of the molecule is Cc1cc(F)c(F)cn1. The van der Waals surface area contributed by atoms with Gasteiger partial charge in [0.1, 0.15) is 0 Å². The molecule has 0 bridgehead atoms. The Morgan fingerprint density at radius 2 is 2.00 bits per heavy atom. The van der Waals surface area contributed by atoms with Crippen molar-refractivity contribution in [3.8, 4) is 0 Å². The van der Waals surface area contributed by atoms with E-state index >= 15 is 0 Å². The average molecular weight is 129 g/mol. The number of aryl methyl sites for hydroxylation is 1. The molecule has 0 N–H and O–H groups in total. The van der Waals surface area contributed by atoms with Gasteiger partial charge in [0, 0.05) is 5.69 Å². The molecule has 9 heavy (non-hydrogen) atoms. The van der Waals surface area contributed by atoms with Crippen LogP contribution >= 0.6 is 0 Å². The van der Waals surface area contributed by atoms with Crippen LogP contribution in [-0.2, 0) is 0 Å². The second-order valence-electron chi connectivity index (χ2n) is 1.74. The fraction of sp³-hybridized carbons (Fsp3) is 0.167. The lowest BCUT2D eigenvalue weighted by molar-refractivity contribution is 0.502. The molecule has 48 valence electrons. The quantitative estimate of drug-likeness (QED) is 0.519. The minimum Gasteiger partial charge on any atom is -0.258 e. The van der Waals surface area contributed by atoms with Gasteiger partial charge in [-0.15, -0.1) is 0 Å². The summed E-state index contributed by atoms with van der Waals surface area (Å²) in [6.07, 6.45) is 0.866. The third kappa shape index (κ3) is 1.22. The summed E-state index contributed by atoms with van der Waals surface area (Å²) in [5.74, 6) is -1.75. The van der Waals surface area contributed by atoms with E-state index in [0.29, 0.717) is 5.69 Å². The van der Waals surface area contributed by atoms with Crippen LogP contribution < -0.4 is 0 Å². The van der Waals surface area contributed by atoms with E-state index in [1.165, 1.54) is 0 Å². The minimum atomic E-state index is -0.902. The van der Waals surface area contributed by atoms with Crippen molar-refractivity contribution in [3.05, 3.63) is 29.6 Å². The summed E-state index contributed by atoms with van der Waals surface area (Å²) in [7, 11) is 0. The molecule has 1 aromatic rings. The highest BCUT2D eigenvalue weighted by atomic mass is 19.2. The van der Waals surface area contributed by atoms with E-state index in [-0.39, 0.29) is 0 Å². The monoisotopic (exact) mass is 129 g/mol. The number of nitrogens with zero attached hydrogens (tertiary/aromatic N) is 1. The molecule has 3 heteroatoms. The van der Waals surface area contributed by atoms with E-state index in [4.69, 9.17) is 0 Å². The Kier molecular flexibility index (Phi) is 1.42. The van der Waals surface area contributed by atoms with Gasteiger partial charge in [-0.05, 0) is 13.0 Å². The van der Waals surface area contributed by atoms with Gasteiger partial charge < -0.3 is 0 Å². The van der Waals surface area contributed by atoms with Gasteiger partial charge in [-0.3, -0.25) is 4.98 Å². The van der Waals surface area contributed by atoms with Crippen LogP contribution in [0.25, 0.3) is 0 Å². The van der Waals surface area contributed by atoms with Gasteiger partial charge in [-0.25, -0.2) is 8.78 Å². The predicted octanol–water partition coefficient (Wildman–Crippen LogP) is 1.67. The zero-order valence-corrected chi connectivity index (χ0v) is 4.86. The summed E-state index contributed by atoms with van der Waals surface area (Å²) in [4.78, 5) is 3.52. The van der Waals surface area contributed by atoms with E-state index in [9.17, 15) is 8.78 Å². The molecular formula is C6H5F2N. The first-order valence-corrected chi connectivity index (χ1v) is 2.48. The van der Waals surface area contributed by atoms with Gasteiger partial charge in [0.15, 0.2) is 11.6 Å². The van der Waals surface area contributed by atoms with Crippen LogP contribution in [0.15, 0.2) is 12.3 Å². The fourth-order valence-corrected chi connectivity index (χ4v) is 0.510. The zero-order valence-electron chi connectivity index (χ0n) is 4.86. The zero-order chi connectivity index (χ0) is 6.85. The number of rotatable bonds is 0. The molecule has 0 unspecified atom stereocenters. The van der Waals surface area contributed by atoms with Crippen molar-refractivity contribution < 1.29 is 8.78 Å². The molecule has 1 aromatic heterocycles. The number of pyridine rings is 1. The Hall–Kier alpha value is -0.990. The smallest absolute Gasteiger partial charge is 0.177 e. The Bertz CT molecular complexity index is 222. The molecule has 0 spiro atoms. The molecule has 0 atom stereocenters. The van der Waals surface area contributed by atoms with Crippen molar-refractivity contribution in [3.63, 3.8) is 0 Å². The second-order valence-corrected chi connectivity index (χ2v) is 1.74. The Morgan fingerprint density at radius 1 is 1.33 bits per heavy atom. The first-order chi connectivity index (χ1) is 4.20. The van der Waals surface area contributed by atoms with E-state index in [2.05, 4.69) is 4.98 Å². The molecule has 0 aliphatic heterocycles.